The highest BCUT2D eigenvalue weighted by Crippen LogP contribution is 2.35. The van der Waals surface area contributed by atoms with Crippen LogP contribution in [0.2, 0.25) is 0 Å². The van der Waals surface area contributed by atoms with Crippen LogP contribution in [-0.4, -0.2) is 10.1 Å². The molecule has 2 N–H and O–H groups in total. The molecule has 0 spiro atoms. The molecule has 0 aromatic carbocycles. The van der Waals surface area contributed by atoms with E-state index in [9.17, 15) is 0 Å². The van der Waals surface area contributed by atoms with Crippen molar-refractivity contribution < 1.29 is 4.52 Å². The zero-order chi connectivity index (χ0) is 11.0. The summed E-state index contributed by atoms with van der Waals surface area (Å²) in [6.45, 7) is 0. The van der Waals surface area contributed by atoms with Crippen molar-refractivity contribution >= 4 is 0 Å². The summed E-state index contributed by atoms with van der Waals surface area (Å²) >= 11 is 0. The molecule has 0 aliphatic heterocycles. The van der Waals surface area contributed by atoms with Crippen LogP contribution in [0.15, 0.2) is 4.52 Å². The first-order chi connectivity index (χ1) is 7.76. The molecule has 4 nitrogen and oxygen atoms in total. The zero-order valence-corrected chi connectivity index (χ0v) is 9.61. The molecular weight excluding hydrogens is 202 g/mol. The lowest BCUT2D eigenvalue weighted by atomic mass is 9.82. The van der Waals surface area contributed by atoms with E-state index >= 15 is 0 Å². The van der Waals surface area contributed by atoms with Gasteiger partial charge in [0.15, 0.2) is 5.82 Å². The molecule has 2 saturated carbocycles. The molecule has 0 saturated heterocycles. The summed E-state index contributed by atoms with van der Waals surface area (Å²) in [5, 5.41) is 4.05. The SMILES string of the molecule is NC1(c2nc(CC3CC3)no2)CCCCC1. The largest absolute Gasteiger partial charge is 0.337 e. The Bertz CT molecular complexity index is 364. The molecule has 0 atom stereocenters. The Morgan fingerprint density at radius 2 is 2.00 bits per heavy atom. The predicted octanol–water partition coefficient (Wildman–Crippen LogP) is 2.14. The van der Waals surface area contributed by atoms with Gasteiger partial charge in [0.05, 0.1) is 5.54 Å². The number of aromatic nitrogens is 2. The first-order valence-corrected chi connectivity index (χ1v) is 6.38. The summed E-state index contributed by atoms with van der Waals surface area (Å²) in [6, 6.07) is 0. The van der Waals surface area contributed by atoms with Crippen LogP contribution < -0.4 is 5.73 Å². The maximum Gasteiger partial charge on any atom is 0.246 e. The molecule has 0 radical (unpaired) electrons. The molecule has 3 rings (SSSR count). The Labute approximate surface area is 95.6 Å². The lowest BCUT2D eigenvalue weighted by Crippen LogP contribution is -2.39. The van der Waals surface area contributed by atoms with Crippen LogP contribution in [-0.2, 0) is 12.0 Å². The second kappa shape index (κ2) is 3.84. The Morgan fingerprint density at radius 1 is 1.25 bits per heavy atom. The van der Waals surface area contributed by atoms with Gasteiger partial charge in [-0.1, -0.05) is 24.4 Å². The van der Waals surface area contributed by atoms with E-state index in [1.54, 1.807) is 0 Å². The lowest BCUT2D eigenvalue weighted by molar-refractivity contribution is 0.219. The van der Waals surface area contributed by atoms with E-state index in [0.29, 0.717) is 5.89 Å². The van der Waals surface area contributed by atoms with Gasteiger partial charge in [0.25, 0.3) is 0 Å². The average molecular weight is 221 g/mol. The van der Waals surface area contributed by atoms with Crippen molar-refractivity contribution in [2.45, 2.75) is 56.9 Å². The minimum Gasteiger partial charge on any atom is -0.337 e. The smallest absolute Gasteiger partial charge is 0.246 e. The molecule has 0 amide bonds. The van der Waals surface area contributed by atoms with Crippen molar-refractivity contribution in [3.8, 4) is 0 Å². The van der Waals surface area contributed by atoms with Crippen LogP contribution in [0.25, 0.3) is 0 Å². The van der Waals surface area contributed by atoms with Gasteiger partial charge in [0.1, 0.15) is 0 Å². The molecule has 2 fully saturated rings. The van der Waals surface area contributed by atoms with Crippen LogP contribution in [0.3, 0.4) is 0 Å². The van der Waals surface area contributed by atoms with E-state index < -0.39 is 0 Å². The van der Waals surface area contributed by atoms with Gasteiger partial charge < -0.3 is 10.3 Å². The van der Waals surface area contributed by atoms with Crippen LogP contribution in [0.5, 0.6) is 0 Å². The molecule has 2 aliphatic carbocycles. The highest BCUT2D eigenvalue weighted by atomic mass is 16.5. The highest BCUT2D eigenvalue weighted by molar-refractivity contribution is 5.04. The van der Waals surface area contributed by atoms with Crippen LogP contribution >= 0.6 is 0 Å². The van der Waals surface area contributed by atoms with E-state index in [2.05, 4.69) is 10.1 Å². The topological polar surface area (TPSA) is 64.9 Å². The number of nitrogens with two attached hydrogens (primary N) is 1. The fourth-order valence-corrected chi connectivity index (χ4v) is 2.52. The third-order valence-corrected chi connectivity index (χ3v) is 3.81. The fraction of sp³-hybridized carbons (Fsp3) is 0.833. The van der Waals surface area contributed by atoms with Crippen LogP contribution in [0.1, 0.15) is 56.7 Å². The van der Waals surface area contributed by atoms with Crippen molar-refractivity contribution in [1.82, 2.24) is 10.1 Å². The molecule has 2 aliphatic rings. The minimum absolute atomic E-state index is 0.340. The van der Waals surface area contributed by atoms with Gasteiger partial charge in [0.2, 0.25) is 5.89 Å². The van der Waals surface area contributed by atoms with Crippen molar-refractivity contribution in [2.75, 3.05) is 0 Å². The third kappa shape index (κ3) is 1.98. The van der Waals surface area contributed by atoms with E-state index in [0.717, 1.165) is 31.0 Å². The average Bonchev–Trinajstić information content (AvgIpc) is 2.95. The second-order valence-electron chi connectivity index (χ2n) is 5.38. The summed E-state index contributed by atoms with van der Waals surface area (Å²) in [5.74, 6) is 2.32. The standard InChI is InChI=1S/C12H19N3O/c13-12(6-2-1-3-7-12)11-14-10(15-16-11)8-9-4-5-9/h9H,1-8,13H2. The first kappa shape index (κ1) is 10.3. The number of hydrogen-bond acceptors (Lipinski definition) is 4. The Kier molecular flexibility index (Phi) is 2.46. The summed E-state index contributed by atoms with van der Waals surface area (Å²) < 4.78 is 5.35. The van der Waals surface area contributed by atoms with Gasteiger partial charge in [-0.15, -0.1) is 0 Å². The van der Waals surface area contributed by atoms with Gasteiger partial charge in [-0.05, 0) is 31.6 Å². The third-order valence-electron chi connectivity index (χ3n) is 3.81. The fourth-order valence-electron chi connectivity index (χ4n) is 2.52. The van der Waals surface area contributed by atoms with Crippen LogP contribution in [0, 0.1) is 5.92 Å². The number of rotatable bonds is 3. The minimum atomic E-state index is -0.340. The molecule has 88 valence electrons. The second-order valence-corrected chi connectivity index (χ2v) is 5.38. The van der Waals surface area contributed by atoms with E-state index in [-0.39, 0.29) is 5.54 Å². The summed E-state index contributed by atoms with van der Waals surface area (Å²) in [4.78, 5) is 4.48. The Balaban J connectivity index is 1.74. The van der Waals surface area contributed by atoms with Gasteiger partial charge in [0, 0.05) is 6.42 Å². The van der Waals surface area contributed by atoms with Gasteiger partial charge in [-0.2, -0.15) is 4.98 Å². The molecular formula is C12H19N3O. The van der Waals surface area contributed by atoms with Crippen molar-refractivity contribution in [3.05, 3.63) is 11.7 Å². The number of hydrogen-bond donors (Lipinski definition) is 1. The van der Waals surface area contributed by atoms with Crippen molar-refractivity contribution in [2.24, 2.45) is 11.7 Å². The van der Waals surface area contributed by atoms with E-state index in [4.69, 9.17) is 10.3 Å². The predicted molar refractivity (Wildman–Crippen MR) is 59.7 cm³/mol. The normalized spacial score (nSPS) is 24.6. The zero-order valence-electron chi connectivity index (χ0n) is 9.61. The molecule has 0 bridgehead atoms. The summed E-state index contributed by atoms with van der Waals surface area (Å²) in [5.41, 5.74) is 6.00. The lowest BCUT2D eigenvalue weighted by Gasteiger charge is -2.29. The van der Waals surface area contributed by atoms with E-state index in [1.807, 2.05) is 0 Å². The van der Waals surface area contributed by atoms with Crippen molar-refractivity contribution in [3.63, 3.8) is 0 Å². The molecule has 16 heavy (non-hydrogen) atoms. The molecule has 4 heteroatoms. The maximum atomic E-state index is 6.34. The molecule has 0 unspecified atom stereocenters. The Hall–Kier alpha value is -0.900. The molecule has 1 aromatic rings. The molecule has 1 aromatic heterocycles. The Morgan fingerprint density at radius 3 is 2.69 bits per heavy atom. The summed E-state index contributed by atoms with van der Waals surface area (Å²) in [6.07, 6.45) is 9.21. The van der Waals surface area contributed by atoms with Crippen LogP contribution in [0.4, 0.5) is 0 Å². The number of nitrogens with zero attached hydrogens (tertiary/aromatic N) is 2. The first-order valence-electron chi connectivity index (χ1n) is 6.38. The van der Waals surface area contributed by atoms with Gasteiger partial charge >= 0.3 is 0 Å². The highest BCUT2D eigenvalue weighted by Gasteiger charge is 2.35. The van der Waals surface area contributed by atoms with Gasteiger partial charge in [-0.3, -0.25) is 0 Å². The van der Waals surface area contributed by atoms with E-state index in [1.165, 1.54) is 32.1 Å². The molecule has 1 heterocycles. The maximum absolute atomic E-state index is 6.34. The summed E-state index contributed by atoms with van der Waals surface area (Å²) in [7, 11) is 0. The van der Waals surface area contributed by atoms with Gasteiger partial charge in [-0.25, -0.2) is 0 Å². The monoisotopic (exact) mass is 221 g/mol. The van der Waals surface area contributed by atoms with Crippen molar-refractivity contribution in [1.29, 1.82) is 0 Å². The quantitative estimate of drug-likeness (QED) is 0.849.